The van der Waals surface area contributed by atoms with Gasteiger partial charge in [-0.25, -0.2) is 4.79 Å². The average Bonchev–Trinajstić information content (AvgIpc) is 2.74. The summed E-state index contributed by atoms with van der Waals surface area (Å²) in [6.45, 7) is 13.6. The number of hydrogen-bond acceptors (Lipinski definition) is 5. The van der Waals surface area contributed by atoms with Gasteiger partial charge in [-0.05, 0) is 31.9 Å². The first-order chi connectivity index (χ1) is 14.7. The lowest BCUT2D eigenvalue weighted by Gasteiger charge is -2.47. The van der Waals surface area contributed by atoms with Crippen molar-refractivity contribution in [3.8, 4) is 0 Å². The highest BCUT2D eigenvalue weighted by atomic mass is 16.6. The zero-order chi connectivity index (χ0) is 22.4. The molecule has 8 heteroatoms. The molecule has 1 unspecified atom stereocenters. The van der Waals surface area contributed by atoms with Gasteiger partial charge in [-0.2, -0.15) is 0 Å². The van der Waals surface area contributed by atoms with E-state index in [0.29, 0.717) is 19.1 Å². The van der Waals surface area contributed by atoms with Crippen molar-refractivity contribution in [1.82, 2.24) is 25.3 Å². The molecule has 2 N–H and O–H groups in total. The first-order valence-electron chi connectivity index (χ1n) is 11.2. The van der Waals surface area contributed by atoms with Crippen molar-refractivity contribution in [2.75, 3.05) is 53.4 Å². The molecule has 0 spiro atoms. The zero-order valence-electron chi connectivity index (χ0n) is 19.6. The molecule has 1 aromatic carbocycles. The summed E-state index contributed by atoms with van der Waals surface area (Å²) in [6.07, 6.45) is -0.313. The summed E-state index contributed by atoms with van der Waals surface area (Å²) in [7, 11) is 3.56. The molecule has 0 radical (unpaired) electrons. The smallest absolute Gasteiger partial charge is 0.410 e. The molecule has 3 saturated heterocycles. The number of rotatable bonds is 6. The number of amides is 1. The Bertz CT molecular complexity index is 750. The van der Waals surface area contributed by atoms with Crippen LogP contribution in [0.2, 0.25) is 0 Å². The second-order valence-electron chi connectivity index (χ2n) is 9.45. The monoisotopic (exact) mass is 430 g/mol. The first kappa shape index (κ1) is 23.3. The molecular formula is C23H38N6O2. The SMILES string of the molecule is CN=C(NCc1ccc(CN(C)C(=O)OC(C)(C)C)cc1)NCC1CN2CCN1CC2. The molecule has 1 aromatic rings. The van der Waals surface area contributed by atoms with Crippen molar-refractivity contribution in [3.63, 3.8) is 0 Å². The average molecular weight is 431 g/mol. The van der Waals surface area contributed by atoms with Crippen LogP contribution < -0.4 is 10.6 Å². The highest BCUT2D eigenvalue weighted by Gasteiger charge is 2.31. The number of carbonyl (C=O) groups is 1. The molecule has 8 nitrogen and oxygen atoms in total. The molecule has 3 fully saturated rings. The van der Waals surface area contributed by atoms with Crippen LogP contribution in [0.4, 0.5) is 4.79 Å². The van der Waals surface area contributed by atoms with Crippen molar-refractivity contribution in [1.29, 1.82) is 0 Å². The fourth-order valence-corrected chi connectivity index (χ4v) is 3.98. The minimum absolute atomic E-state index is 0.313. The minimum Gasteiger partial charge on any atom is -0.444 e. The van der Waals surface area contributed by atoms with Gasteiger partial charge >= 0.3 is 6.09 Å². The second kappa shape index (κ2) is 10.3. The van der Waals surface area contributed by atoms with Crippen LogP contribution >= 0.6 is 0 Å². The largest absolute Gasteiger partial charge is 0.444 e. The van der Waals surface area contributed by atoms with E-state index in [1.807, 2.05) is 27.8 Å². The van der Waals surface area contributed by atoms with Crippen LogP contribution in [-0.2, 0) is 17.8 Å². The van der Waals surface area contributed by atoms with Gasteiger partial charge in [-0.3, -0.25) is 14.8 Å². The number of nitrogens with one attached hydrogen (secondary N) is 2. The number of benzene rings is 1. The molecule has 1 atom stereocenters. The molecule has 0 aromatic heterocycles. The van der Waals surface area contributed by atoms with Crippen molar-refractivity contribution in [2.45, 2.75) is 45.5 Å². The maximum Gasteiger partial charge on any atom is 0.410 e. The van der Waals surface area contributed by atoms with Crippen molar-refractivity contribution >= 4 is 12.1 Å². The third-order valence-corrected chi connectivity index (χ3v) is 5.73. The molecule has 4 rings (SSSR count). The van der Waals surface area contributed by atoms with E-state index < -0.39 is 5.60 Å². The molecule has 3 aliphatic heterocycles. The number of fused-ring (bicyclic) bond motifs is 3. The van der Waals surface area contributed by atoms with Gasteiger partial charge < -0.3 is 20.3 Å². The number of guanidine groups is 1. The van der Waals surface area contributed by atoms with Gasteiger partial charge in [-0.15, -0.1) is 0 Å². The summed E-state index contributed by atoms with van der Waals surface area (Å²) in [5.41, 5.74) is 1.74. The van der Waals surface area contributed by atoms with Gasteiger partial charge in [0.2, 0.25) is 0 Å². The molecule has 0 saturated carbocycles. The standard InChI is InChI=1S/C23H38N6O2/c1-23(2,3)31-22(30)27(5)16-19-8-6-18(7-9-19)14-25-21(24-4)26-15-20-17-28-10-12-29(20)13-11-28/h6-9,20H,10-17H2,1-5H3,(H2,24,25,26). The van der Waals surface area contributed by atoms with E-state index in [0.717, 1.165) is 24.6 Å². The minimum atomic E-state index is -0.487. The van der Waals surface area contributed by atoms with E-state index in [1.165, 1.54) is 31.7 Å². The zero-order valence-corrected chi connectivity index (χ0v) is 19.6. The Kier molecular flexibility index (Phi) is 7.78. The van der Waals surface area contributed by atoms with Gasteiger partial charge in [0.05, 0.1) is 0 Å². The van der Waals surface area contributed by atoms with Crippen molar-refractivity contribution < 1.29 is 9.53 Å². The van der Waals surface area contributed by atoms with Crippen LogP contribution in [0.25, 0.3) is 0 Å². The summed E-state index contributed by atoms with van der Waals surface area (Å²) in [6, 6.07) is 8.82. The highest BCUT2D eigenvalue weighted by Crippen LogP contribution is 2.15. The molecule has 31 heavy (non-hydrogen) atoms. The van der Waals surface area contributed by atoms with Gasteiger partial charge in [0, 0.05) is 72.5 Å². The summed E-state index contributed by atoms with van der Waals surface area (Å²) in [5, 5.41) is 6.87. The number of nitrogens with zero attached hydrogens (tertiary/aromatic N) is 4. The normalized spacial score (nSPS) is 23.4. The number of carbonyl (C=O) groups excluding carboxylic acids is 1. The van der Waals surface area contributed by atoms with Crippen LogP contribution in [0, 0.1) is 0 Å². The fraction of sp³-hybridized carbons (Fsp3) is 0.652. The lowest BCUT2D eigenvalue weighted by atomic mass is 10.1. The Morgan fingerprint density at radius 3 is 2.32 bits per heavy atom. The number of piperazine rings is 3. The Balaban J connectivity index is 1.42. The van der Waals surface area contributed by atoms with E-state index in [9.17, 15) is 4.79 Å². The number of hydrogen-bond donors (Lipinski definition) is 2. The van der Waals surface area contributed by atoms with Gasteiger partial charge in [0.25, 0.3) is 0 Å². The number of aliphatic imine (C=N–C) groups is 1. The van der Waals surface area contributed by atoms with Gasteiger partial charge in [0.1, 0.15) is 5.60 Å². The molecule has 3 aliphatic rings. The van der Waals surface area contributed by atoms with E-state index in [-0.39, 0.29) is 6.09 Å². The topological polar surface area (TPSA) is 72.4 Å². The van der Waals surface area contributed by atoms with E-state index >= 15 is 0 Å². The molecule has 0 aliphatic carbocycles. The summed E-state index contributed by atoms with van der Waals surface area (Å²) < 4.78 is 5.41. The lowest BCUT2D eigenvalue weighted by Crippen LogP contribution is -2.63. The molecule has 3 heterocycles. The fourth-order valence-electron chi connectivity index (χ4n) is 3.98. The predicted octanol–water partition coefficient (Wildman–Crippen LogP) is 1.72. The van der Waals surface area contributed by atoms with Crippen molar-refractivity contribution in [2.24, 2.45) is 4.99 Å². The Hall–Kier alpha value is -2.32. The molecular weight excluding hydrogens is 392 g/mol. The Morgan fingerprint density at radius 1 is 1.13 bits per heavy atom. The maximum atomic E-state index is 12.1. The predicted molar refractivity (Wildman–Crippen MR) is 124 cm³/mol. The second-order valence-corrected chi connectivity index (χ2v) is 9.45. The van der Waals surface area contributed by atoms with Crippen LogP contribution in [0.5, 0.6) is 0 Å². The van der Waals surface area contributed by atoms with Crippen LogP contribution in [-0.4, -0.2) is 91.8 Å². The van der Waals surface area contributed by atoms with E-state index in [1.54, 1.807) is 11.9 Å². The van der Waals surface area contributed by atoms with Gasteiger partial charge in [-0.1, -0.05) is 24.3 Å². The third kappa shape index (κ3) is 7.11. The molecule has 1 amide bonds. The quantitative estimate of drug-likeness (QED) is 0.529. The van der Waals surface area contributed by atoms with E-state index in [2.05, 4.69) is 49.7 Å². The first-order valence-corrected chi connectivity index (χ1v) is 11.2. The van der Waals surface area contributed by atoms with Crippen LogP contribution in [0.15, 0.2) is 29.3 Å². The molecule has 172 valence electrons. The summed E-state index contributed by atoms with van der Waals surface area (Å²) in [4.78, 5) is 23.2. The Morgan fingerprint density at radius 2 is 1.77 bits per heavy atom. The maximum absolute atomic E-state index is 12.1. The van der Waals surface area contributed by atoms with E-state index in [4.69, 9.17) is 4.74 Å². The van der Waals surface area contributed by atoms with Crippen molar-refractivity contribution in [3.05, 3.63) is 35.4 Å². The lowest BCUT2D eigenvalue weighted by molar-refractivity contribution is 0.0154. The molecule has 2 bridgehead atoms. The third-order valence-electron chi connectivity index (χ3n) is 5.73. The summed E-state index contributed by atoms with van der Waals surface area (Å²) >= 11 is 0. The van der Waals surface area contributed by atoms with Gasteiger partial charge in [0.15, 0.2) is 5.96 Å². The number of ether oxygens (including phenoxy) is 1. The van der Waals surface area contributed by atoms with Crippen LogP contribution in [0.1, 0.15) is 31.9 Å². The van der Waals surface area contributed by atoms with Crippen LogP contribution in [0.3, 0.4) is 0 Å². The Labute approximate surface area is 186 Å². The highest BCUT2D eigenvalue weighted by molar-refractivity contribution is 5.79. The summed E-state index contributed by atoms with van der Waals surface area (Å²) in [5.74, 6) is 0.825.